The number of likely N-dealkylation sites (tertiary alicyclic amines) is 1. The van der Waals surface area contributed by atoms with Crippen molar-refractivity contribution in [2.24, 2.45) is 5.92 Å². The number of rotatable bonds is 6. The Morgan fingerprint density at radius 2 is 2.22 bits per heavy atom. The first-order valence-corrected chi connectivity index (χ1v) is 8.19. The van der Waals surface area contributed by atoms with Crippen molar-refractivity contribution in [3.63, 3.8) is 0 Å². The van der Waals surface area contributed by atoms with E-state index in [-0.39, 0.29) is 18.2 Å². The smallest absolute Gasteiger partial charge is 0.303 e. The SMILES string of the molecule is Cc1cccc(O[C@H](C)C(=O)N2CCC[C@H](CCC(=O)O)C2)c1. The van der Waals surface area contributed by atoms with E-state index in [4.69, 9.17) is 9.84 Å². The van der Waals surface area contributed by atoms with Gasteiger partial charge >= 0.3 is 5.97 Å². The Morgan fingerprint density at radius 3 is 2.91 bits per heavy atom. The van der Waals surface area contributed by atoms with Gasteiger partial charge in [-0.25, -0.2) is 0 Å². The highest BCUT2D eigenvalue weighted by Gasteiger charge is 2.28. The Morgan fingerprint density at radius 1 is 1.43 bits per heavy atom. The predicted octanol–water partition coefficient (Wildman–Crippen LogP) is 2.87. The number of carboxylic acid groups (broad SMARTS) is 1. The summed E-state index contributed by atoms with van der Waals surface area (Å²) in [6.45, 7) is 5.11. The van der Waals surface area contributed by atoms with Crippen LogP contribution in [0, 0.1) is 12.8 Å². The number of hydrogen-bond acceptors (Lipinski definition) is 3. The lowest BCUT2D eigenvalue weighted by Gasteiger charge is -2.34. The van der Waals surface area contributed by atoms with Crippen LogP contribution in [0.3, 0.4) is 0 Å². The molecule has 1 aromatic carbocycles. The number of aliphatic carboxylic acids is 1. The van der Waals surface area contributed by atoms with E-state index < -0.39 is 12.1 Å². The van der Waals surface area contributed by atoms with Crippen LogP contribution in [0.1, 0.15) is 38.2 Å². The minimum Gasteiger partial charge on any atom is -0.481 e. The van der Waals surface area contributed by atoms with Gasteiger partial charge in [-0.2, -0.15) is 0 Å². The first kappa shape index (κ1) is 17.3. The van der Waals surface area contributed by atoms with E-state index in [9.17, 15) is 9.59 Å². The van der Waals surface area contributed by atoms with Crippen LogP contribution in [-0.4, -0.2) is 41.1 Å². The van der Waals surface area contributed by atoms with Crippen molar-refractivity contribution in [3.8, 4) is 5.75 Å². The molecule has 1 fully saturated rings. The van der Waals surface area contributed by atoms with Crippen LogP contribution >= 0.6 is 0 Å². The van der Waals surface area contributed by atoms with E-state index in [2.05, 4.69) is 0 Å². The molecule has 5 nitrogen and oxygen atoms in total. The van der Waals surface area contributed by atoms with Crippen molar-refractivity contribution >= 4 is 11.9 Å². The molecule has 2 rings (SSSR count). The highest BCUT2D eigenvalue weighted by molar-refractivity contribution is 5.81. The molecule has 0 radical (unpaired) electrons. The number of carbonyl (C=O) groups is 2. The second kappa shape index (κ2) is 7.99. The summed E-state index contributed by atoms with van der Waals surface area (Å²) in [5.41, 5.74) is 1.09. The van der Waals surface area contributed by atoms with E-state index in [0.717, 1.165) is 24.9 Å². The predicted molar refractivity (Wildman–Crippen MR) is 87.4 cm³/mol. The van der Waals surface area contributed by atoms with Gasteiger partial charge in [0.1, 0.15) is 5.75 Å². The molecule has 2 atom stereocenters. The van der Waals surface area contributed by atoms with Gasteiger partial charge in [0, 0.05) is 19.5 Å². The summed E-state index contributed by atoms with van der Waals surface area (Å²) in [4.78, 5) is 25.1. The first-order chi connectivity index (χ1) is 11.0. The van der Waals surface area contributed by atoms with E-state index in [1.807, 2.05) is 36.1 Å². The van der Waals surface area contributed by atoms with E-state index in [1.54, 1.807) is 6.92 Å². The summed E-state index contributed by atoms with van der Waals surface area (Å²) in [7, 11) is 0. The average Bonchev–Trinajstić information content (AvgIpc) is 2.52. The maximum atomic E-state index is 12.6. The van der Waals surface area contributed by atoms with Crippen LogP contribution in [0.5, 0.6) is 5.75 Å². The molecule has 23 heavy (non-hydrogen) atoms. The summed E-state index contributed by atoms with van der Waals surface area (Å²) in [5, 5.41) is 8.79. The number of hydrogen-bond donors (Lipinski definition) is 1. The largest absolute Gasteiger partial charge is 0.481 e. The standard InChI is InChI=1S/C18H25NO4/c1-13-5-3-7-16(11-13)23-14(2)18(22)19-10-4-6-15(12-19)8-9-17(20)21/h3,5,7,11,14-15H,4,6,8-10,12H2,1-2H3,(H,20,21)/t14-,15-/m1/s1. The van der Waals surface area contributed by atoms with Crippen LogP contribution in [-0.2, 0) is 9.59 Å². The van der Waals surface area contributed by atoms with Gasteiger partial charge in [-0.1, -0.05) is 12.1 Å². The van der Waals surface area contributed by atoms with Crippen LogP contribution in [0.4, 0.5) is 0 Å². The minimum absolute atomic E-state index is 0.0217. The number of carboxylic acids is 1. The van der Waals surface area contributed by atoms with Gasteiger partial charge in [0.25, 0.3) is 5.91 Å². The summed E-state index contributed by atoms with van der Waals surface area (Å²) >= 11 is 0. The molecule has 5 heteroatoms. The maximum Gasteiger partial charge on any atom is 0.303 e. The number of amides is 1. The summed E-state index contributed by atoms with van der Waals surface area (Å²) in [5.74, 6) is 0.177. The zero-order valence-corrected chi connectivity index (χ0v) is 13.8. The molecule has 126 valence electrons. The molecule has 1 amide bonds. The molecule has 1 aromatic rings. The molecule has 1 N–H and O–H groups in total. The Labute approximate surface area is 137 Å². The number of ether oxygens (including phenoxy) is 1. The first-order valence-electron chi connectivity index (χ1n) is 8.19. The van der Waals surface area contributed by atoms with Crippen molar-refractivity contribution < 1.29 is 19.4 Å². The van der Waals surface area contributed by atoms with Gasteiger partial charge < -0.3 is 14.7 Å². The lowest BCUT2D eigenvalue weighted by atomic mass is 9.93. The number of piperidine rings is 1. The molecule has 1 aliphatic rings. The molecule has 0 saturated carbocycles. The summed E-state index contributed by atoms with van der Waals surface area (Å²) in [6, 6.07) is 7.65. The second-order valence-electron chi connectivity index (χ2n) is 6.30. The zero-order valence-electron chi connectivity index (χ0n) is 13.8. The molecule has 1 heterocycles. The van der Waals surface area contributed by atoms with Gasteiger partial charge in [0.05, 0.1) is 0 Å². The fourth-order valence-electron chi connectivity index (χ4n) is 3.03. The number of benzene rings is 1. The number of aryl methyl sites for hydroxylation is 1. The van der Waals surface area contributed by atoms with Crippen LogP contribution in [0.2, 0.25) is 0 Å². The van der Waals surface area contributed by atoms with E-state index >= 15 is 0 Å². The summed E-state index contributed by atoms with van der Waals surface area (Å²) in [6.07, 6.45) is 2.18. The zero-order chi connectivity index (χ0) is 16.8. The molecular formula is C18H25NO4. The maximum absolute atomic E-state index is 12.6. The highest BCUT2D eigenvalue weighted by atomic mass is 16.5. The third-order valence-electron chi connectivity index (χ3n) is 4.25. The lowest BCUT2D eigenvalue weighted by Crippen LogP contribution is -2.45. The Kier molecular flexibility index (Phi) is 6.02. The molecule has 0 unspecified atom stereocenters. The Hall–Kier alpha value is -2.04. The van der Waals surface area contributed by atoms with Crippen molar-refractivity contribution in [1.82, 2.24) is 4.90 Å². The molecule has 0 bridgehead atoms. The highest BCUT2D eigenvalue weighted by Crippen LogP contribution is 2.22. The van der Waals surface area contributed by atoms with E-state index in [0.29, 0.717) is 18.7 Å². The number of carbonyl (C=O) groups excluding carboxylic acids is 1. The Balaban J connectivity index is 1.89. The lowest BCUT2D eigenvalue weighted by molar-refractivity contribution is -0.140. The van der Waals surface area contributed by atoms with Crippen LogP contribution < -0.4 is 4.74 Å². The fraction of sp³-hybridized carbons (Fsp3) is 0.556. The second-order valence-corrected chi connectivity index (χ2v) is 6.30. The molecule has 0 aromatic heterocycles. The van der Waals surface area contributed by atoms with Crippen molar-refractivity contribution in [2.45, 2.75) is 45.6 Å². The van der Waals surface area contributed by atoms with Crippen molar-refractivity contribution in [2.75, 3.05) is 13.1 Å². The molecule has 0 aliphatic carbocycles. The van der Waals surface area contributed by atoms with Gasteiger partial charge in [-0.15, -0.1) is 0 Å². The van der Waals surface area contributed by atoms with Crippen molar-refractivity contribution in [3.05, 3.63) is 29.8 Å². The van der Waals surface area contributed by atoms with E-state index in [1.165, 1.54) is 0 Å². The monoisotopic (exact) mass is 319 g/mol. The molecule has 1 aliphatic heterocycles. The molecule has 0 spiro atoms. The van der Waals surface area contributed by atoms with Gasteiger partial charge in [-0.05, 0) is 56.7 Å². The Bertz CT molecular complexity index is 558. The van der Waals surface area contributed by atoms with Crippen LogP contribution in [0.15, 0.2) is 24.3 Å². The average molecular weight is 319 g/mol. The van der Waals surface area contributed by atoms with Gasteiger partial charge in [0.2, 0.25) is 0 Å². The number of nitrogens with zero attached hydrogens (tertiary/aromatic N) is 1. The fourth-order valence-corrected chi connectivity index (χ4v) is 3.03. The molecular weight excluding hydrogens is 294 g/mol. The topological polar surface area (TPSA) is 66.8 Å². The third-order valence-corrected chi connectivity index (χ3v) is 4.25. The molecule has 1 saturated heterocycles. The van der Waals surface area contributed by atoms with Gasteiger partial charge in [-0.3, -0.25) is 9.59 Å². The summed E-state index contributed by atoms with van der Waals surface area (Å²) < 4.78 is 5.76. The van der Waals surface area contributed by atoms with Crippen molar-refractivity contribution in [1.29, 1.82) is 0 Å². The van der Waals surface area contributed by atoms with Gasteiger partial charge in [0.15, 0.2) is 6.10 Å². The third kappa shape index (κ3) is 5.27. The van der Waals surface area contributed by atoms with Crippen LogP contribution in [0.25, 0.3) is 0 Å². The normalized spacial score (nSPS) is 19.2. The minimum atomic E-state index is -0.774. The quantitative estimate of drug-likeness (QED) is 0.875.